The molecule has 0 radical (unpaired) electrons. The van der Waals surface area contributed by atoms with Crippen molar-refractivity contribution in [2.45, 2.75) is 193 Å². The van der Waals surface area contributed by atoms with Crippen molar-refractivity contribution in [3.05, 3.63) is 10.6 Å². The summed E-state index contributed by atoms with van der Waals surface area (Å²) in [5, 5.41) is 27.1. The van der Waals surface area contributed by atoms with Crippen LogP contribution in [-0.4, -0.2) is 51.1 Å². The molecule has 6 rings (SSSR count). The summed E-state index contributed by atoms with van der Waals surface area (Å²) in [4.78, 5) is 19.5. The van der Waals surface area contributed by atoms with E-state index in [2.05, 4.69) is 46.9 Å². The second-order valence-corrected chi connectivity index (χ2v) is 20.8. The van der Waals surface area contributed by atoms with Crippen LogP contribution in [0.4, 0.5) is 5.13 Å². The Morgan fingerprint density at radius 3 is 2.20 bits per heavy atom. The lowest BCUT2D eigenvalue weighted by Gasteiger charge is -2.69. The molecule has 1 aliphatic heterocycles. The highest BCUT2D eigenvalue weighted by atomic mass is 32.1. The molecule has 7 nitrogen and oxygen atoms in total. The Labute approximate surface area is 307 Å². The predicted molar refractivity (Wildman–Crippen MR) is 204 cm³/mol. The van der Waals surface area contributed by atoms with Gasteiger partial charge in [0, 0.05) is 16.7 Å². The number of anilines is 1. The van der Waals surface area contributed by atoms with Crippen molar-refractivity contribution in [1.29, 1.82) is 0 Å². The normalized spacial score (nSPS) is 40.5. The van der Waals surface area contributed by atoms with Crippen molar-refractivity contribution in [2.24, 2.45) is 45.7 Å². The molecule has 10 atom stereocenters. The number of aliphatic hydroxyl groups excluding tert-OH is 1. The maximum Gasteiger partial charge on any atom is 0.226 e. The second kappa shape index (κ2) is 14.0. The van der Waals surface area contributed by atoms with Gasteiger partial charge in [0.05, 0.1) is 29.1 Å². The Bertz CT molecular complexity index is 1370. The number of aliphatic hydroxyl groups is 2. The van der Waals surface area contributed by atoms with E-state index in [1.807, 2.05) is 13.8 Å². The molecule has 1 aromatic heterocycles. The third-order valence-electron chi connectivity index (χ3n) is 15.9. The largest absolute Gasteiger partial charge is 0.393 e. The molecule has 0 spiro atoms. The first-order chi connectivity index (χ1) is 23.4. The molecule has 284 valence electrons. The second-order valence-electron chi connectivity index (χ2n) is 19.7. The number of rotatable bonds is 13. The summed E-state index contributed by atoms with van der Waals surface area (Å²) in [5.74, 6) is 1.46. The summed E-state index contributed by atoms with van der Waals surface area (Å²) in [6, 6.07) is 0. The van der Waals surface area contributed by atoms with Gasteiger partial charge in [0.1, 0.15) is 0 Å². The summed E-state index contributed by atoms with van der Waals surface area (Å²) < 4.78 is 6.76. The zero-order chi connectivity index (χ0) is 36.3. The standard InChI is InChI=1S/C42H71N3O4S/c1-37(2)30-19-22-40(6)31(25-28(46)34-27(18-21-41(34,40)7)42(8)23-20-32(49-42)38(3,4)48)39(30,5)26-29-35(37)45-36(50-29)44-33(47)17-15-13-11-9-10-12-14-16-24-43/h27-28,30-32,34,46,48H,9-26,43H2,1-8H3,(H,44,45,47)/t27-,28+,30-,31+,32-,34-,39-,40+,41+,42-/m0/s1. The van der Waals surface area contributed by atoms with E-state index in [0.717, 1.165) is 69.5 Å². The highest BCUT2D eigenvalue weighted by Crippen LogP contribution is 2.76. The Hall–Kier alpha value is -1.06. The van der Waals surface area contributed by atoms with Crippen molar-refractivity contribution >= 4 is 22.4 Å². The quantitative estimate of drug-likeness (QED) is 0.152. The fourth-order valence-electron chi connectivity index (χ4n) is 13.1. The van der Waals surface area contributed by atoms with Crippen LogP contribution in [0.1, 0.15) is 169 Å². The number of nitrogens with two attached hydrogens (primary N) is 1. The van der Waals surface area contributed by atoms with Crippen LogP contribution in [0.2, 0.25) is 0 Å². The zero-order valence-corrected chi connectivity index (χ0v) is 33.7. The molecule has 5 N–H and O–H groups in total. The summed E-state index contributed by atoms with van der Waals surface area (Å²) >= 11 is 1.70. The van der Waals surface area contributed by atoms with Crippen molar-refractivity contribution in [1.82, 2.24) is 4.98 Å². The monoisotopic (exact) mass is 714 g/mol. The Balaban J connectivity index is 1.15. The van der Waals surface area contributed by atoms with Gasteiger partial charge >= 0.3 is 0 Å². The maximum atomic E-state index is 13.0. The van der Waals surface area contributed by atoms with E-state index in [1.54, 1.807) is 11.3 Å². The predicted octanol–water partition coefficient (Wildman–Crippen LogP) is 8.93. The molecule has 1 amide bonds. The topological polar surface area (TPSA) is 118 Å². The number of fused-ring (bicyclic) bond motifs is 6. The minimum absolute atomic E-state index is 0.0227. The van der Waals surface area contributed by atoms with Gasteiger partial charge < -0.3 is 26.0 Å². The minimum Gasteiger partial charge on any atom is -0.393 e. The number of unbranched alkanes of at least 4 members (excludes halogenated alkanes) is 7. The van der Waals surface area contributed by atoms with Gasteiger partial charge in [-0.15, -0.1) is 11.3 Å². The van der Waals surface area contributed by atoms with Crippen LogP contribution >= 0.6 is 11.3 Å². The number of nitrogens with one attached hydrogen (secondary N) is 1. The van der Waals surface area contributed by atoms with Gasteiger partial charge in [-0.1, -0.05) is 73.1 Å². The van der Waals surface area contributed by atoms with Gasteiger partial charge in [0.15, 0.2) is 5.13 Å². The van der Waals surface area contributed by atoms with Gasteiger partial charge in [0.2, 0.25) is 5.91 Å². The molecule has 50 heavy (non-hydrogen) atoms. The van der Waals surface area contributed by atoms with E-state index in [9.17, 15) is 15.0 Å². The summed E-state index contributed by atoms with van der Waals surface area (Å²) in [5.41, 5.74) is 5.68. The van der Waals surface area contributed by atoms with Crippen molar-refractivity contribution < 1.29 is 19.7 Å². The number of hydrogen-bond acceptors (Lipinski definition) is 7. The van der Waals surface area contributed by atoms with Crippen molar-refractivity contribution in [3.63, 3.8) is 0 Å². The number of thiazole rings is 1. The van der Waals surface area contributed by atoms with Gasteiger partial charge in [-0.25, -0.2) is 4.98 Å². The molecule has 0 unspecified atom stereocenters. The van der Waals surface area contributed by atoms with Gasteiger partial charge in [0.25, 0.3) is 0 Å². The molecule has 0 aromatic carbocycles. The van der Waals surface area contributed by atoms with Crippen LogP contribution in [0, 0.1) is 39.9 Å². The first-order valence-electron chi connectivity index (χ1n) is 20.5. The number of nitrogens with zero attached hydrogens (tertiary/aromatic N) is 1. The molecule has 2 heterocycles. The molecule has 1 saturated heterocycles. The molecule has 4 fully saturated rings. The van der Waals surface area contributed by atoms with Crippen molar-refractivity contribution in [2.75, 3.05) is 11.9 Å². The number of hydrogen-bond donors (Lipinski definition) is 4. The number of ether oxygens (including phenoxy) is 1. The molecule has 0 bridgehead atoms. The lowest BCUT2D eigenvalue weighted by Crippen LogP contribution is -2.66. The molecular weight excluding hydrogens is 643 g/mol. The average molecular weight is 714 g/mol. The number of amides is 1. The van der Waals surface area contributed by atoms with Crippen LogP contribution in [0.3, 0.4) is 0 Å². The van der Waals surface area contributed by atoms with E-state index >= 15 is 0 Å². The Kier molecular flexibility index (Phi) is 10.8. The molecular formula is C42H71N3O4S. The fraction of sp³-hybridized carbons (Fsp3) is 0.905. The van der Waals surface area contributed by atoms with E-state index in [0.29, 0.717) is 24.2 Å². The lowest BCUT2D eigenvalue weighted by molar-refractivity contribution is -0.227. The average Bonchev–Trinajstić information content (AvgIpc) is 3.74. The van der Waals surface area contributed by atoms with E-state index in [4.69, 9.17) is 15.5 Å². The summed E-state index contributed by atoms with van der Waals surface area (Å²) in [6.45, 7) is 19.2. The highest BCUT2D eigenvalue weighted by Gasteiger charge is 2.72. The van der Waals surface area contributed by atoms with Crippen LogP contribution in [-0.2, 0) is 21.4 Å². The minimum atomic E-state index is -0.856. The van der Waals surface area contributed by atoms with Crippen LogP contribution in [0.25, 0.3) is 0 Å². The zero-order valence-electron chi connectivity index (χ0n) is 32.8. The number of carbonyl (C=O) groups is 1. The van der Waals surface area contributed by atoms with Gasteiger partial charge in [-0.05, 0) is 131 Å². The fourth-order valence-corrected chi connectivity index (χ4v) is 14.4. The molecule has 5 aliphatic rings. The Morgan fingerprint density at radius 2 is 1.56 bits per heavy atom. The number of aromatic nitrogens is 1. The third-order valence-corrected chi connectivity index (χ3v) is 16.8. The van der Waals surface area contributed by atoms with E-state index < -0.39 is 5.60 Å². The number of carbonyl (C=O) groups excluding carboxylic acids is 1. The van der Waals surface area contributed by atoms with E-state index in [-0.39, 0.29) is 51.3 Å². The first-order valence-corrected chi connectivity index (χ1v) is 21.3. The van der Waals surface area contributed by atoms with E-state index in [1.165, 1.54) is 55.5 Å². The first kappa shape index (κ1) is 38.7. The SMILES string of the molecule is CC(C)(O)[C@@H]1CC[C@@](C)([C@H]2CC[C@]3(C)[C@@H]2[C@H](O)C[C@@H]2[C@@]4(C)Cc5sc(NC(=O)CCCCCCCCCCN)nc5C(C)(C)[C@@H]4CC[C@]23C)O1. The van der Waals surface area contributed by atoms with Crippen LogP contribution in [0.15, 0.2) is 0 Å². The smallest absolute Gasteiger partial charge is 0.226 e. The maximum absolute atomic E-state index is 13.0. The molecule has 8 heteroatoms. The van der Waals surface area contributed by atoms with Crippen LogP contribution in [0.5, 0.6) is 0 Å². The lowest BCUT2D eigenvalue weighted by atomic mass is 9.35. The third kappa shape index (κ3) is 6.55. The van der Waals surface area contributed by atoms with Gasteiger partial charge in [-0.2, -0.15) is 0 Å². The molecule has 3 saturated carbocycles. The van der Waals surface area contributed by atoms with Crippen LogP contribution < -0.4 is 11.1 Å². The van der Waals surface area contributed by atoms with Gasteiger partial charge in [-0.3, -0.25) is 4.79 Å². The summed E-state index contributed by atoms with van der Waals surface area (Å²) in [7, 11) is 0. The van der Waals surface area contributed by atoms with Crippen molar-refractivity contribution in [3.8, 4) is 0 Å². The Morgan fingerprint density at radius 1 is 0.920 bits per heavy atom. The highest BCUT2D eigenvalue weighted by molar-refractivity contribution is 7.15. The molecule has 4 aliphatic carbocycles. The summed E-state index contributed by atoms with van der Waals surface area (Å²) in [6.07, 6.45) is 17.6. The molecule has 1 aromatic rings.